The average Bonchev–Trinajstić information content (AvgIpc) is 2.46. The molecule has 0 aromatic heterocycles. The number of nitrogens with two attached hydrogens (primary N) is 1. The Morgan fingerprint density at radius 1 is 1.50 bits per heavy atom. The molecule has 1 heterocycles. The molecule has 0 saturated carbocycles. The maximum absolute atomic E-state index is 11.2. The lowest BCUT2D eigenvalue weighted by molar-refractivity contribution is -0.384. The molecule has 1 aliphatic heterocycles. The average molecular weight is 280 g/mol. The van der Waals surface area contributed by atoms with Gasteiger partial charge in [-0.15, -0.1) is 0 Å². The molecule has 2 rings (SSSR count). The molecule has 110 valence electrons. The molecular weight excluding hydrogens is 260 g/mol. The van der Waals surface area contributed by atoms with E-state index >= 15 is 0 Å². The summed E-state index contributed by atoms with van der Waals surface area (Å²) in [6, 6.07) is 4.88. The van der Waals surface area contributed by atoms with Crippen LogP contribution in [0.2, 0.25) is 0 Å². The Labute approximate surface area is 118 Å². The molecule has 1 aromatic rings. The highest BCUT2D eigenvalue weighted by Gasteiger charge is 2.29. The summed E-state index contributed by atoms with van der Waals surface area (Å²) in [7, 11) is 3.58. The SMILES string of the molecule is COc1ccc([N+](=O)[O-])c(N2CCN(C)CC2CN)c1. The van der Waals surface area contributed by atoms with Gasteiger partial charge in [-0.25, -0.2) is 0 Å². The molecule has 7 heteroatoms. The number of piperazine rings is 1. The van der Waals surface area contributed by atoms with E-state index in [9.17, 15) is 10.1 Å². The number of anilines is 1. The van der Waals surface area contributed by atoms with Crippen LogP contribution < -0.4 is 15.4 Å². The summed E-state index contributed by atoms with van der Waals surface area (Å²) >= 11 is 0. The lowest BCUT2D eigenvalue weighted by Gasteiger charge is -2.40. The fourth-order valence-electron chi connectivity index (χ4n) is 2.54. The van der Waals surface area contributed by atoms with E-state index < -0.39 is 0 Å². The first-order chi connectivity index (χ1) is 9.56. The largest absolute Gasteiger partial charge is 0.497 e. The zero-order chi connectivity index (χ0) is 14.7. The van der Waals surface area contributed by atoms with Crippen LogP contribution in [-0.4, -0.2) is 56.2 Å². The maximum Gasteiger partial charge on any atom is 0.292 e. The predicted molar refractivity (Wildman–Crippen MR) is 77.3 cm³/mol. The second-order valence-electron chi connectivity index (χ2n) is 4.96. The van der Waals surface area contributed by atoms with E-state index in [2.05, 4.69) is 4.90 Å². The van der Waals surface area contributed by atoms with Crippen molar-refractivity contribution in [3.05, 3.63) is 28.3 Å². The molecule has 20 heavy (non-hydrogen) atoms. The molecule has 1 aromatic carbocycles. The van der Waals surface area contributed by atoms with Gasteiger partial charge in [0.1, 0.15) is 11.4 Å². The van der Waals surface area contributed by atoms with Gasteiger partial charge in [-0.2, -0.15) is 0 Å². The van der Waals surface area contributed by atoms with Crippen LogP contribution in [0.5, 0.6) is 5.75 Å². The van der Waals surface area contributed by atoms with E-state index in [0.29, 0.717) is 24.5 Å². The third kappa shape index (κ3) is 2.83. The molecule has 0 radical (unpaired) electrons. The number of nitrogens with zero attached hydrogens (tertiary/aromatic N) is 3. The van der Waals surface area contributed by atoms with Gasteiger partial charge in [-0.1, -0.05) is 0 Å². The minimum atomic E-state index is -0.360. The Morgan fingerprint density at radius 2 is 2.25 bits per heavy atom. The highest BCUT2D eigenvalue weighted by Crippen LogP contribution is 2.34. The van der Waals surface area contributed by atoms with Crippen molar-refractivity contribution >= 4 is 11.4 Å². The summed E-state index contributed by atoms with van der Waals surface area (Å²) in [6.07, 6.45) is 0. The van der Waals surface area contributed by atoms with E-state index in [1.54, 1.807) is 19.2 Å². The smallest absolute Gasteiger partial charge is 0.292 e. The molecule has 0 amide bonds. The van der Waals surface area contributed by atoms with Crippen LogP contribution in [0, 0.1) is 10.1 Å². The van der Waals surface area contributed by atoms with Gasteiger partial charge in [0.05, 0.1) is 18.1 Å². The van der Waals surface area contributed by atoms with Gasteiger partial charge in [0.15, 0.2) is 0 Å². The number of hydrogen-bond acceptors (Lipinski definition) is 6. The first-order valence-corrected chi connectivity index (χ1v) is 6.54. The predicted octanol–water partition coefficient (Wildman–Crippen LogP) is 0.682. The normalized spacial score (nSPS) is 19.9. The molecule has 1 atom stereocenters. The van der Waals surface area contributed by atoms with Crippen LogP contribution in [0.25, 0.3) is 0 Å². The molecule has 1 unspecified atom stereocenters. The molecular formula is C13H20N4O3. The second kappa shape index (κ2) is 6.06. The number of benzene rings is 1. The second-order valence-corrected chi connectivity index (χ2v) is 4.96. The van der Waals surface area contributed by atoms with Gasteiger partial charge in [0.25, 0.3) is 5.69 Å². The zero-order valence-corrected chi connectivity index (χ0v) is 11.8. The van der Waals surface area contributed by atoms with Crippen molar-refractivity contribution in [2.24, 2.45) is 5.73 Å². The molecule has 0 aliphatic carbocycles. The Kier molecular flexibility index (Phi) is 4.41. The van der Waals surface area contributed by atoms with Crippen molar-refractivity contribution in [1.29, 1.82) is 0 Å². The summed E-state index contributed by atoms with van der Waals surface area (Å²) < 4.78 is 5.18. The minimum Gasteiger partial charge on any atom is -0.497 e. The fourth-order valence-corrected chi connectivity index (χ4v) is 2.54. The molecule has 0 spiro atoms. The molecule has 1 aliphatic rings. The first kappa shape index (κ1) is 14.5. The lowest BCUT2D eigenvalue weighted by atomic mass is 10.1. The van der Waals surface area contributed by atoms with Crippen LogP contribution in [0.4, 0.5) is 11.4 Å². The van der Waals surface area contributed by atoms with Gasteiger partial charge in [-0.05, 0) is 13.1 Å². The van der Waals surface area contributed by atoms with Crippen molar-refractivity contribution < 1.29 is 9.66 Å². The van der Waals surface area contributed by atoms with Crippen molar-refractivity contribution in [3.8, 4) is 5.75 Å². The van der Waals surface area contributed by atoms with Crippen LogP contribution in [0.3, 0.4) is 0 Å². The summed E-state index contributed by atoms with van der Waals surface area (Å²) in [5.74, 6) is 0.611. The van der Waals surface area contributed by atoms with Crippen LogP contribution in [-0.2, 0) is 0 Å². The molecule has 1 saturated heterocycles. The van der Waals surface area contributed by atoms with E-state index in [-0.39, 0.29) is 16.7 Å². The van der Waals surface area contributed by atoms with Crippen molar-refractivity contribution in [1.82, 2.24) is 4.90 Å². The van der Waals surface area contributed by atoms with Gasteiger partial charge < -0.3 is 20.3 Å². The topological polar surface area (TPSA) is 84.9 Å². The molecule has 0 bridgehead atoms. The van der Waals surface area contributed by atoms with Gasteiger partial charge >= 0.3 is 0 Å². The first-order valence-electron chi connectivity index (χ1n) is 6.54. The standard InChI is InChI=1S/C13H20N4O3/c1-15-5-6-16(10(8-14)9-15)13-7-11(20-2)3-4-12(13)17(18)19/h3-4,7,10H,5-6,8-9,14H2,1-2H3. The highest BCUT2D eigenvalue weighted by molar-refractivity contribution is 5.66. The fraction of sp³-hybridized carbons (Fsp3) is 0.538. The maximum atomic E-state index is 11.2. The van der Waals surface area contributed by atoms with Gasteiger partial charge in [-0.3, -0.25) is 10.1 Å². The van der Waals surface area contributed by atoms with Crippen molar-refractivity contribution in [2.45, 2.75) is 6.04 Å². The highest BCUT2D eigenvalue weighted by atomic mass is 16.6. The number of methoxy groups -OCH3 is 1. The Morgan fingerprint density at radius 3 is 2.85 bits per heavy atom. The zero-order valence-electron chi connectivity index (χ0n) is 11.8. The Bertz CT molecular complexity index is 495. The van der Waals surface area contributed by atoms with Gasteiger partial charge in [0.2, 0.25) is 0 Å². The molecule has 1 fully saturated rings. The van der Waals surface area contributed by atoms with E-state index in [0.717, 1.165) is 13.1 Å². The quantitative estimate of drug-likeness (QED) is 0.645. The molecule has 7 nitrogen and oxygen atoms in total. The number of likely N-dealkylation sites (N-methyl/N-ethyl adjacent to an activating group) is 1. The van der Waals surface area contributed by atoms with E-state index in [4.69, 9.17) is 10.5 Å². The number of nitro benzene ring substituents is 1. The van der Waals surface area contributed by atoms with E-state index in [1.807, 2.05) is 11.9 Å². The number of nitro groups is 1. The third-order valence-electron chi connectivity index (χ3n) is 3.65. The van der Waals surface area contributed by atoms with Crippen LogP contribution >= 0.6 is 0 Å². The lowest BCUT2D eigenvalue weighted by Crippen LogP contribution is -2.55. The summed E-state index contributed by atoms with van der Waals surface area (Å²) in [5.41, 5.74) is 6.49. The monoisotopic (exact) mass is 280 g/mol. The van der Waals surface area contributed by atoms with Crippen molar-refractivity contribution in [3.63, 3.8) is 0 Å². The van der Waals surface area contributed by atoms with Crippen LogP contribution in [0.1, 0.15) is 0 Å². The van der Waals surface area contributed by atoms with Crippen molar-refractivity contribution in [2.75, 3.05) is 45.2 Å². The number of rotatable bonds is 4. The van der Waals surface area contributed by atoms with E-state index in [1.165, 1.54) is 6.07 Å². The summed E-state index contributed by atoms with van der Waals surface area (Å²) in [4.78, 5) is 15.1. The van der Waals surface area contributed by atoms with Gasteiger partial charge in [0, 0.05) is 38.3 Å². The summed E-state index contributed by atoms with van der Waals surface area (Å²) in [5, 5.41) is 11.2. The number of hydrogen-bond donors (Lipinski definition) is 1. The Balaban J connectivity index is 2.40. The number of ether oxygens (including phenoxy) is 1. The third-order valence-corrected chi connectivity index (χ3v) is 3.65. The Hall–Kier alpha value is -1.86. The minimum absolute atomic E-state index is 0.0690. The molecule has 2 N–H and O–H groups in total. The summed E-state index contributed by atoms with van der Waals surface area (Å²) in [6.45, 7) is 2.82. The van der Waals surface area contributed by atoms with Crippen LogP contribution in [0.15, 0.2) is 18.2 Å².